The van der Waals surface area contributed by atoms with E-state index in [1.54, 1.807) is 12.1 Å². The first-order valence-electron chi connectivity index (χ1n) is 8.25. The fourth-order valence-electron chi connectivity index (χ4n) is 2.96. The number of benzene rings is 1. The van der Waals surface area contributed by atoms with E-state index >= 15 is 0 Å². The Balaban J connectivity index is 1.64. The van der Waals surface area contributed by atoms with E-state index in [2.05, 4.69) is 10.6 Å². The molecule has 0 aliphatic carbocycles. The zero-order valence-corrected chi connectivity index (χ0v) is 15.4. The van der Waals surface area contributed by atoms with Gasteiger partial charge in [0.2, 0.25) is 0 Å². The summed E-state index contributed by atoms with van der Waals surface area (Å²) in [5, 5.41) is 5.70. The quantitative estimate of drug-likeness (QED) is 0.727. The highest BCUT2D eigenvalue weighted by Gasteiger charge is 2.33. The van der Waals surface area contributed by atoms with Crippen molar-refractivity contribution in [1.29, 1.82) is 0 Å². The van der Waals surface area contributed by atoms with Crippen molar-refractivity contribution in [2.75, 3.05) is 49.1 Å². The minimum atomic E-state index is -1.19. The number of nitrogens with one attached hydrogen (secondary N) is 2. The van der Waals surface area contributed by atoms with Gasteiger partial charge in [-0.15, -0.1) is 0 Å². The van der Waals surface area contributed by atoms with Crippen LogP contribution in [0, 0.1) is 5.82 Å². The second-order valence-electron chi connectivity index (χ2n) is 6.03. The molecule has 3 rings (SSSR count). The number of hydrogen-bond acceptors (Lipinski definition) is 5. The SMILES string of the molecule is O=C(NC[C@H]1CN(c2ccc(N3CCNCC3)c(F)c2)C(=O)O1)C(Cl)Cl. The number of amides is 2. The highest BCUT2D eigenvalue weighted by molar-refractivity contribution is 6.53. The van der Waals surface area contributed by atoms with Gasteiger partial charge in [0.15, 0.2) is 4.84 Å². The minimum Gasteiger partial charge on any atom is -0.442 e. The molecule has 26 heavy (non-hydrogen) atoms. The average molecular weight is 405 g/mol. The Hall–Kier alpha value is -1.77. The summed E-state index contributed by atoms with van der Waals surface area (Å²) in [6.07, 6.45) is -1.15. The summed E-state index contributed by atoms with van der Waals surface area (Å²) in [5.41, 5.74) is 0.926. The summed E-state index contributed by atoms with van der Waals surface area (Å²) in [4.78, 5) is 25.5. The van der Waals surface area contributed by atoms with Gasteiger partial charge in [-0.25, -0.2) is 9.18 Å². The number of cyclic esters (lactones) is 1. The summed E-state index contributed by atoms with van der Waals surface area (Å²) in [7, 11) is 0. The molecular formula is C16H19Cl2FN4O3. The molecule has 2 amide bonds. The van der Waals surface area contributed by atoms with Crippen LogP contribution >= 0.6 is 23.2 Å². The lowest BCUT2D eigenvalue weighted by Gasteiger charge is -2.30. The van der Waals surface area contributed by atoms with Crippen LogP contribution in [0.15, 0.2) is 18.2 Å². The van der Waals surface area contributed by atoms with Gasteiger partial charge in [-0.05, 0) is 18.2 Å². The molecule has 0 spiro atoms. The number of halogens is 3. The molecule has 0 aromatic heterocycles. The first kappa shape index (κ1) is 19.0. The highest BCUT2D eigenvalue weighted by Crippen LogP contribution is 2.28. The van der Waals surface area contributed by atoms with E-state index in [1.165, 1.54) is 11.0 Å². The molecular weight excluding hydrogens is 386 g/mol. The number of piperazine rings is 1. The first-order valence-corrected chi connectivity index (χ1v) is 9.12. The van der Waals surface area contributed by atoms with E-state index in [0.29, 0.717) is 11.4 Å². The van der Waals surface area contributed by atoms with Crippen LogP contribution in [0.4, 0.5) is 20.6 Å². The molecule has 1 aromatic carbocycles. The lowest BCUT2D eigenvalue weighted by Crippen LogP contribution is -2.43. The fourth-order valence-corrected chi connectivity index (χ4v) is 3.11. The molecule has 10 heteroatoms. The summed E-state index contributed by atoms with van der Waals surface area (Å²) in [5.74, 6) is -0.949. The van der Waals surface area contributed by atoms with Crippen LogP contribution in [-0.4, -0.2) is 62.2 Å². The van der Waals surface area contributed by atoms with Crippen molar-refractivity contribution in [3.8, 4) is 0 Å². The van der Waals surface area contributed by atoms with E-state index in [4.69, 9.17) is 27.9 Å². The molecule has 2 N–H and O–H groups in total. The third-order valence-corrected chi connectivity index (χ3v) is 4.67. The van der Waals surface area contributed by atoms with Crippen LogP contribution in [0.25, 0.3) is 0 Å². The molecule has 7 nitrogen and oxygen atoms in total. The lowest BCUT2D eigenvalue weighted by atomic mass is 10.2. The van der Waals surface area contributed by atoms with Crippen LogP contribution in [0.3, 0.4) is 0 Å². The van der Waals surface area contributed by atoms with Crippen molar-refractivity contribution in [3.63, 3.8) is 0 Å². The van der Waals surface area contributed by atoms with Crippen molar-refractivity contribution in [2.45, 2.75) is 10.9 Å². The van der Waals surface area contributed by atoms with Gasteiger partial charge in [0, 0.05) is 26.2 Å². The number of nitrogens with zero attached hydrogens (tertiary/aromatic N) is 2. The molecule has 0 radical (unpaired) electrons. The number of ether oxygens (including phenoxy) is 1. The maximum atomic E-state index is 14.5. The van der Waals surface area contributed by atoms with Crippen molar-refractivity contribution in [1.82, 2.24) is 10.6 Å². The standard InChI is InChI=1S/C16H19Cl2FN4O3/c17-14(18)15(24)21-8-11-9-23(16(25)26-11)10-1-2-13(12(19)7-10)22-5-3-20-4-6-22/h1-2,7,11,14,20H,3-6,8-9H2,(H,21,24)/t11-/m0/s1. The predicted octanol–water partition coefficient (Wildman–Crippen LogP) is 1.48. The van der Waals surface area contributed by atoms with Crippen molar-refractivity contribution in [2.24, 2.45) is 0 Å². The van der Waals surface area contributed by atoms with E-state index < -0.39 is 22.9 Å². The van der Waals surface area contributed by atoms with Gasteiger partial charge in [-0.1, -0.05) is 23.2 Å². The number of rotatable bonds is 5. The molecule has 1 aromatic rings. The summed E-state index contributed by atoms with van der Waals surface area (Å²) in [6, 6.07) is 4.69. The Kier molecular flexibility index (Phi) is 6.05. The number of carbonyl (C=O) groups is 2. The topological polar surface area (TPSA) is 73.9 Å². The monoisotopic (exact) mass is 404 g/mol. The zero-order chi connectivity index (χ0) is 18.7. The number of anilines is 2. The van der Waals surface area contributed by atoms with E-state index in [1.807, 2.05) is 4.90 Å². The molecule has 142 valence electrons. The second-order valence-corrected chi connectivity index (χ2v) is 7.13. The maximum absolute atomic E-state index is 14.5. The molecule has 2 fully saturated rings. The van der Waals surface area contributed by atoms with Gasteiger partial charge in [0.05, 0.1) is 24.5 Å². The average Bonchev–Trinajstić information content (AvgIpc) is 3.01. The van der Waals surface area contributed by atoms with E-state index in [0.717, 1.165) is 26.2 Å². The smallest absolute Gasteiger partial charge is 0.414 e. The van der Waals surface area contributed by atoms with E-state index in [-0.39, 0.29) is 18.9 Å². The highest BCUT2D eigenvalue weighted by atomic mass is 35.5. The van der Waals surface area contributed by atoms with Crippen LogP contribution in [0.2, 0.25) is 0 Å². The van der Waals surface area contributed by atoms with Crippen molar-refractivity contribution in [3.05, 3.63) is 24.0 Å². The lowest BCUT2D eigenvalue weighted by molar-refractivity contribution is -0.119. The van der Waals surface area contributed by atoms with Gasteiger partial charge in [0.25, 0.3) is 5.91 Å². The van der Waals surface area contributed by atoms with Crippen molar-refractivity contribution >= 4 is 46.6 Å². The Bertz CT molecular complexity index is 685. The molecule has 2 heterocycles. The summed E-state index contributed by atoms with van der Waals surface area (Å²) < 4.78 is 19.7. The molecule has 0 bridgehead atoms. The van der Waals surface area contributed by atoms with E-state index in [9.17, 15) is 14.0 Å². The Morgan fingerprint density at radius 1 is 1.38 bits per heavy atom. The number of hydrogen-bond donors (Lipinski definition) is 2. The fraction of sp³-hybridized carbons (Fsp3) is 0.500. The molecule has 2 saturated heterocycles. The van der Waals surface area contributed by atoms with Gasteiger partial charge in [-0.3, -0.25) is 9.69 Å². The van der Waals surface area contributed by atoms with Gasteiger partial charge in [-0.2, -0.15) is 0 Å². The van der Waals surface area contributed by atoms with Gasteiger partial charge < -0.3 is 20.3 Å². The van der Waals surface area contributed by atoms with Gasteiger partial charge in [0.1, 0.15) is 11.9 Å². The third-order valence-electron chi connectivity index (χ3n) is 4.28. The summed E-state index contributed by atoms with van der Waals surface area (Å²) in [6.45, 7) is 3.34. The second kappa shape index (κ2) is 8.28. The van der Waals surface area contributed by atoms with Crippen LogP contribution in [0.5, 0.6) is 0 Å². The van der Waals surface area contributed by atoms with Gasteiger partial charge >= 0.3 is 6.09 Å². The Morgan fingerprint density at radius 3 is 2.77 bits per heavy atom. The maximum Gasteiger partial charge on any atom is 0.414 e. The number of alkyl halides is 2. The molecule has 0 saturated carbocycles. The van der Waals surface area contributed by atoms with Crippen LogP contribution in [0.1, 0.15) is 0 Å². The Morgan fingerprint density at radius 2 is 2.12 bits per heavy atom. The summed E-state index contributed by atoms with van der Waals surface area (Å²) >= 11 is 10.9. The largest absolute Gasteiger partial charge is 0.442 e. The molecule has 0 unspecified atom stereocenters. The normalized spacial score (nSPS) is 20.5. The first-order chi connectivity index (χ1) is 12.5. The van der Waals surface area contributed by atoms with Crippen LogP contribution < -0.4 is 20.4 Å². The molecule has 2 aliphatic heterocycles. The Labute approximate surface area is 160 Å². The number of carbonyl (C=O) groups excluding carboxylic acids is 2. The molecule has 2 aliphatic rings. The zero-order valence-electron chi connectivity index (χ0n) is 13.9. The van der Waals surface area contributed by atoms with Crippen molar-refractivity contribution < 1.29 is 18.7 Å². The molecule has 1 atom stereocenters. The van der Waals surface area contributed by atoms with Crippen LogP contribution in [-0.2, 0) is 9.53 Å². The third kappa shape index (κ3) is 4.31. The predicted molar refractivity (Wildman–Crippen MR) is 97.6 cm³/mol. The minimum absolute atomic E-state index is 0.0817.